The number of thiophene rings is 1. The lowest BCUT2D eigenvalue weighted by molar-refractivity contribution is 0.0952. The van der Waals surface area contributed by atoms with Gasteiger partial charge in [-0.25, -0.2) is 0 Å². The number of rotatable bonds is 3. The molecule has 0 atom stereocenters. The molecule has 0 aliphatic rings. The molecule has 2 heterocycles. The molecular formula is C17H15ClN2O2S. The number of fused-ring (bicyclic) bond motifs is 1. The maximum absolute atomic E-state index is 12.6. The standard InChI is InChI=1S/C17H15ClN2O2S/c1-10-14(15-13(23-10)6-7-20(2)17(15)22)16(21)19-9-11-4-3-5-12(18)8-11/h3-8H,9H2,1-2H3,(H,19,21). The lowest BCUT2D eigenvalue weighted by atomic mass is 10.1. The van der Waals surface area contributed by atoms with Crippen LogP contribution in [0.3, 0.4) is 0 Å². The smallest absolute Gasteiger partial charge is 0.259 e. The summed E-state index contributed by atoms with van der Waals surface area (Å²) in [6, 6.07) is 9.18. The van der Waals surface area contributed by atoms with E-state index in [-0.39, 0.29) is 11.5 Å². The average molecular weight is 347 g/mol. The van der Waals surface area contributed by atoms with Gasteiger partial charge in [0, 0.05) is 34.4 Å². The molecule has 0 saturated carbocycles. The van der Waals surface area contributed by atoms with Gasteiger partial charge in [0.05, 0.1) is 10.9 Å². The number of amides is 1. The summed E-state index contributed by atoms with van der Waals surface area (Å²) in [7, 11) is 1.68. The quantitative estimate of drug-likeness (QED) is 0.789. The third-order valence-corrected chi connectivity index (χ3v) is 4.97. The van der Waals surface area contributed by atoms with Crippen LogP contribution < -0.4 is 10.9 Å². The van der Waals surface area contributed by atoms with E-state index >= 15 is 0 Å². The first-order valence-electron chi connectivity index (χ1n) is 7.08. The van der Waals surface area contributed by atoms with Crippen LogP contribution >= 0.6 is 22.9 Å². The summed E-state index contributed by atoms with van der Waals surface area (Å²) in [4.78, 5) is 25.8. The van der Waals surface area contributed by atoms with Gasteiger partial charge >= 0.3 is 0 Å². The fourth-order valence-corrected chi connectivity index (χ4v) is 3.77. The van der Waals surface area contributed by atoms with Gasteiger partial charge in [0.1, 0.15) is 0 Å². The molecule has 23 heavy (non-hydrogen) atoms. The zero-order chi connectivity index (χ0) is 16.6. The van der Waals surface area contributed by atoms with Crippen molar-refractivity contribution in [3.63, 3.8) is 0 Å². The van der Waals surface area contributed by atoms with Crippen LogP contribution in [0.1, 0.15) is 20.8 Å². The first-order chi connectivity index (χ1) is 11.0. The zero-order valence-electron chi connectivity index (χ0n) is 12.7. The van der Waals surface area contributed by atoms with Crippen LogP contribution in [0.2, 0.25) is 5.02 Å². The topological polar surface area (TPSA) is 51.1 Å². The van der Waals surface area contributed by atoms with Crippen molar-refractivity contribution in [2.24, 2.45) is 7.05 Å². The highest BCUT2D eigenvalue weighted by Gasteiger charge is 2.19. The Kier molecular flexibility index (Phi) is 4.24. The minimum Gasteiger partial charge on any atom is -0.348 e. The lowest BCUT2D eigenvalue weighted by Gasteiger charge is -2.06. The number of halogens is 1. The second-order valence-corrected chi connectivity index (χ2v) is 7.01. The highest BCUT2D eigenvalue weighted by molar-refractivity contribution is 7.19. The highest BCUT2D eigenvalue weighted by Crippen LogP contribution is 2.28. The van der Waals surface area contributed by atoms with Crippen LogP contribution in [0.15, 0.2) is 41.3 Å². The zero-order valence-corrected chi connectivity index (χ0v) is 14.3. The van der Waals surface area contributed by atoms with E-state index in [4.69, 9.17) is 11.6 Å². The van der Waals surface area contributed by atoms with Crippen molar-refractivity contribution in [1.29, 1.82) is 0 Å². The molecule has 0 radical (unpaired) electrons. The Labute approximate surface area is 142 Å². The van der Waals surface area contributed by atoms with E-state index in [2.05, 4.69) is 5.32 Å². The molecular weight excluding hydrogens is 332 g/mol. The van der Waals surface area contributed by atoms with Crippen LogP contribution in [0.5, 0.6) is 0 Å². The molecule has 0 spiro atoms. The molecule has 3 rings (SSSR count). The van der Waals surface area contributed by atoms with E-state index < -0.39 is 0 Å². The van der Waals surface area contributed by atoms with Gasteiger partial charge in [-0.3, -0.25) is 9.59 Å². The molecule has 4 nitrogen and oxygen atoms in total. The van der Waals surface area contributed by atoms with E-state index in [1.807, 2.05) is 25.1 Å². The maximum Gasteiger partial charge on any atom is 0.259 e. The molecule has 6 heteroatoms. The molecule has 0 aliphatic heterocycles. The number of aromatic nitrogens is 1. The van der Waals surface area contributed by atoms with E-state index in [9.17, 15) is 9.59 Å². The average Bonchev–Trinajstić information content (AvgIpc) is 2.86. The molecule has 3 aromatic rings. The van der Waals surface area contributed by atoms with Crippen LogP contribution in [0, 0.1) is 6.92 Å². The second-order valence-electron chi connectivity index (χ2n) is 5.32. The predicted molar refractivity (Wildman–Crippen MR) is 94.4 cm³/mol. The van der Waals surface area contributed by atoms with Gasteiger partial charge in [0.15, 0.2) is 0 Å². The number of carbonyl (C=O) groups excluding carboxylic acids is 1. The van der Waals surface area contributed by atoms with E-state index in [1.165, 1.54) is 15.9 Å². The molecule has 1 N–H and O–H groups in total. The number of carbonyl (C=O) groups is 1. The summed E-state index contributed by atoms with van der Waals surface area (Å²) in [6.07, 6.45) is 1.72. The van der Waals surface area contributed by atoms with Crippen molar-refractivity contribution in [1.82, 2.24) is 9.88 Å². The minimum atomic E-state index is -0.239. The fourth-order valence-electron chi connectivity index (χ4n) is 2.51. The van der Waals surface area contributed by atoms with E-state index in [1.54, 1.807) is 25.4 Å². The summed E-state index contributed by atoms with van der Waals surface area (Å²) in [6.45, 7) is 2.22. The van der Waals surface area contributed by atoms with Crippen LogP contribution in [-0.2, 0) is 13.6 Å². The predicted octanol–water partition coefficient (Wildman–Crippen LogP) is 3.49. The van der Waals surface area contributed by atoms with Gasteiger partial charge in [-0.15, -0.1) is 11.3 Å². The molecule has 0 fully saturated rings. The van der Waals surface area contributed by atoms with Crippen molar-refractivity contribution in [2.75, 3.05) is 0 Å². The van der Waals surface area contributed by atoms with Gasteiger partial charge in [-0.1, -0.05) is 23.7 Å². The van der Waals surface area contributed by atoms with Gasteiger partial charge in [0.25, 0.3) is 11.5 Å². The Morgan fingerprint density at radius 2 is 2.13 bits per heavy atom. The first kappa shape index (κ1) is 15.8. The normalized spacial score (nSPS) is 10.9. The second kappa shape index (κ2) is 6.18. The van der Waals surface area contributed by atoms with E-state index in [0.717, 1.165) is 15.1 Å². The van der Waals surface area contributed by atoms with Gasteiger partial charge in [-0.05, 0) is 30.7 Å². The van der Waals surface area contributed by atoms with Gasteiger partial charge in [-0.2, -0.15) is 0 Å². The molecule has 0 bridgehead atoms. The van der Waals surface area contributed by atoms with Crippen LogP contribution in [0.4, 0.5) is 0 Å². The molecule has 118 valence electrons. The van der Waals surface area contributed by atoms with Gasteiger partial charge < -0.3 is 9.88 Å². The van der Waals surface area contributed by atoms with Crippen LogP contribution in [-0.4, -0.2) is 10.5 Å². The Hall–Kier alpha value is -2.11. The Morgan fingerprint density at radius 3 is 2.87 bits per heavy atom. The molecule has 1 aromatic carbocycles. The molecule has 0 aliphatic carbocycles. The molecule has 0 saturated heterocycles. The third kappa shape index (κ3) is 3.02. The van der Waals surface area contributed by atoms with Crippen LogP contribution in [0.25, 0.3) is 10.1 Å². The SMILES string of the molecule is Cc1sc2ccn(C)c(=O)c2c1C(=O)NCc1cccc(Cl)c1. The fraction of sp³-hybridized carbons (Fsp3) is 0.176. The number of pyridine rings is 1. The Balaban J connectivity index is 1.93. The largest absolute Gasteiger partial charge is 0.348 e. The molecule has 0 unspecified atom stereocenters. The number of benzene rings is 1. The van der Waals surface area contributed by atoms with Crippen molar-refractivity contribution >= 4 is 38.9 Å². The Bertz CT molecular complexity index is 959. The van der Waals surface area contributed by atoms with Crippen molar-refractivity contribution in [3.8, 4) is 0 Å². The lowest BCUT2D eigenvalue weighted by Crippen LogP contribution is -2.25. The number of hydrogen-bond donors (Lipinski definition) is 1. The summed E-state index contributed by atoms with van der Waals surface area (Å²) >= 11 is 7.40. The summed E-state index contributed by atoms with van der Waals surface area (Å²) in [5, 5.41) is 3.98. The van der Waals surface area contributed by atoms with Crippen molar-refractivity contribution in [3.05, 3.63) is 67.9 Å². The highest BCUT2D eigenvalue weighted by atomic mass is 35.5. The maximum atomic E-state index is 12.6. The monoisotopic (exact) mass is 346 g/mol. The summed E-state index contributed by atoms with van der Waals surface area (Å²) < 4.78 is 2.32. The number of aryl methyl sites for hydroxylation is 2. The summed E-state index contributed by atoms with van der Waals surface area (Å²) in [5.74, 6) is -0.239. The number of nitrogens with one attached hydrogen (secondary N) is 1. The molecule has 1 amide bonds. The van der Waals surface area contributed by atoms with E-state index in [0.29, 0.717) is 22.5 Å². The van der Waals surface area contributed by atoms with Crippen molar-refractivity contribution in [2.45, 2.75) is 13.5 Å². The summed E-state index contributed by atoms with van der Waals surface area (Å²) in [5.41, 5.74) is 1.23. The number of hydrogen-bond acceptors (Lipinski definition) is 3. The van der Waals surface area contributed by atoms with Crippen molar-refractivity contribution < 1.29 is 4.79 Å². The third-order valence-electron chi connectivity index (χ3n) is 3.66. The first-order valence-corrected chi connectivity index (χ1v) is 8.28. The minimum absolute atomic E-state index is 0.153. The molecule has 2 aromatic heterocycles. The van der Waals surface area contributed by atoms with Gasteiger partial charge in [0.2, 0.25) is 0 Å². The number of nitrogens with zero attached hydrogens (tertiary/aromatic N) is 1. The Morgan fingerprint density at radius 1 is 1.35 bits per heavy atom.